The minimum Gasteiger partial charge on any atom is -0.275 e. The lowest BCUT2D eigenvalue weighted by Crippen LogP contribution is -2.15. The van der Waals surface area contributed by atoms with Crippen LogP contribution in [-0.4, -0.2) is 15.9 Å². The maximum atomic E-state index is 11.4. The van der Waals surface area contributed by atoms with Crippen LogP contribution in [0.2, 0.25) is 5.02 Å². The maximum absolute atomic E-state index is 11.4. The first-order valence-electron chi connectivity index (χ1n) is 7.33. The SMILES string of the molecule is O=c1[nH]ncc(NN=C2CCC(c3ccccc3)CC2)c1Cl. The molecular formula is C16H17ClN4O. The zero-order chi connectivity index (χ0) is 15.4. The molecule has 1 aliphatic rings. The number of hydrogen-bond acceptors (Lipinski definition) is 4. The van der Waals surface area contributed by atoms with Gasteiger partial charge in [-0.15, -0.1) is 0 Å². The van der Waals surface area contributed by atoms with E-state index in [-0.39, 0.29) is 5.02 Å². The minimum atomic E-state index is -0.417. The highest BCUT2D eigenvalue weighted by molar-refractivity contribution is 6.32. The number of anilines is 1. The lowest BCUT2D eigenvalue weighted by atomic mass is 9.83. The summed E-state index contributed by atoms with van der Waals surface area (Å²) in [7, 11) is 0. The van der Waals surface area contributed by atoms with Crippen molar-refractivity contribution in [3.05, 3.63) is 57.5 Å². The molecule has 0 amide bonds. The summed E-state index contributed by atoms with van der Waals surface area (Å²) in [6.07, 6.45) is 5.53. The molecule has 1 fully saturated rings. The molecule has 1 saturated carbocycles. The second-order valence-electron chi connectivity index (χ2n) is 5.40. The average Bonchev–Trinajstić information content (AvgIpc) is 2.57. The smallest absolute Gasteiger partial charge is 0.275 e. The zero-order valence-corrected chi connectivity index (χ0v) is 12.8. The van der Waals surface area contributed by atoms with Crippen molar-refractivity contribution < 1.29 is 0 Å². The molecule has 2 N–H and O–H groups in total. The van der Waals surface area contributed by atoms with E-state index in [2.05, 4.69) is 45.0 Å². The number of hydrogen-bond donors (Lipinski definition) is 2. The Morgan fingerprint density at radius 2 is 1.95 bits per heavy atom. The van der Waals surface area contributed by atoms with Crippen LogP contribution in [-0.2, 0) is 0 Å². The third kappa shape index (κ3) is 3.36. The number of nitrogens with one attached hydrogen (secondary N) is 2. The number of rotatable bonds is 3. The fourth-order valence-electron chi connectivity index (χ4n) is 2.72. The highest BCUT2D eigenvalue weighted by Gasteiger charge is 2.19. The molecule has 0 bridgehead atoms. The summed E-state index contributed by atoms with van der Waals surface area (Å²) in [6.45, 7) is 0. The van der Waals surface area contributed by atoms with Gasteiger partial charge in [0.1, 0.15) is 10.7 Å². The quantitative estimate of drug-likeness (QED) is 0.851. The van der Waals surface area contributed by atoms with Gasteiger partial charge in [-0.25, -0.2) is 5.10 Å². The van der Waals surface area contributed by atoms with Gasteiger partial charge >= 0.3 is 0 Å². The number of halogens is 1. The fourth-order valence-corrected chi connectivity index (χ4v) is 2.86. The van der Waals surface area contributed by atoms with Gasteiger partial charge in [-0.1, -0.05) is 41.9 Å². The van der Waals surface area contributed by atoms with Crippen molar-refractivity contribution in [2.45, 2.75) is 31.6 Å². The van der Waals surface area contributed by atoms with E-state index in [0.29, 0.717) is 11.6 Å². The molecule has 5 nitrogen and oxygen atoms in total. The largest absolute Gasteiger partial charge is 0.285 e. The second kappa shape index (κ2) is 6.75. The van der Waals surface area contributed by atoms with E-state index >= 15 is 0 Å². The monoisotopic (exact) mass is 316 g/mol. The van der Waals surface area contributed by atoms with E-state index in [1.807, 2.05) is 6.07 Å². The summed E-state index contributed by atoms with van der Waals surface area (Å²) in [6, 6.07) is 10.6. The van der Waals surface area contributed by atoms with E-state index in [0.717, 1.165) is 31.4 Å². The van der Waals surface area contributed by atoms with Crippen LogP contribution in [0.5, 0.6) is 0 Å². The Morgan fingerprint density at radius 3 is 2.68 bits per heavy atom. The molecule has 3 rings (SSSR count). The van der Waals surface area contributed by atoms with Gasteiger partial charge in [-0.05, 0) is 37.2 Å². The zero-order valence-electron chi connectivity index (χ0n) is 12.1. The summed E-state index contributed by atoms with van der Waals surface area (Å²) in [4.78, 5) is 11.4. The topological polar surface area (TPSA) is 70.1 Å². The Morgan fingerprint density at radius 1 is 1.23 bits per heavy atom. The Hall–Kier alpha value is -2.14. The molecule has 1 heterocycles. The van der Waals surface area contributed by atoms with E-state index < -0.39 is 5.56 Å². The van der Waals surface area contributed by atoms with Crippen LogP contribution in [0.25, 0.3) is 0 Å². The van der Waals surface area contributed by atoms with Crippen LogP contribution < -0.4 is 11.0 Å². The van der Waals surface area contributed by atoms with Gasteiger partial charge < -0.3 is 0 Å². The molecule has 2 aromatic rings. The molecule has 114 valence electrons. The minimum absolute atomic E-state index is 0.0809. The molecule has 6 heteroatoms. The predicted octanol–water partition coefficient (Wildman–Crippen LogP) is 3.55. The number of aromatic amines is 1. The van der Waals surface area contributed by atoms with Gasteiger partial charge in [0.15, 0.2) is 0 Å². The van der Waals surface area contributed by atoms with Gasteiger partial charge in [-0.2, -0.15) is 10.2 Å². The van der Waals surface area contributed by atoms with Gasteiger partial charge in [0.2, 0.25) is 0 Å². The van der Waals surface area contributed by atoms with Gasteiger partial charge in [-0.3, -0.25) is 10.2 Å². The van der Waals surface area contributed by atoms with E-state index in [9.17, 15) is 4.79 Å². The van der Waals surface area contributed by atoms with Crippen molar-refractivity contribution in [3.8, 4) is 0 Å². The van der Waals surface area contributed by atoms with Crippen LogP contribution in [0, 0.1) is 0 Å². The number of nitrogens with zero attached hydrogens (tertiary/aromatic N) is 2. The molecule has 1 aromatic heterocycles. The normalized spacial score (nSPS) is 18.0. The van der Waals surface area contributed by atoms with Gasteiger partial charge in [0.05, 0.1) is 6.20 Å². The van der Waals surface area contributed by atoms with Crippen molar-refractivity contribution in [2.75, 3.05) is 5.43 Å². The number of H-pyrrole nitrogens is 1. The summed E-state index contributed by atoms with van der Waals surface area (Å²) in [5.74, 6) is 0.602. The third-order valence-corrected chi connectivity index (χ3v) is 4.34. The van der Waals surface area contributed by atoms with Crippen LogP contribution in [0.4, 0.5) is 5.69 Å². The second-order valence-corrected chi connectivity index (χ2v) is 5.78. The third-order valence-electron chi connectivity index (χ3n) is 3.96. The fraction of sp³-hybridized carbons (Fsp3) is 0.312. The standard InChI is InChI=1S/C16H17ClN4O/c17-15-14(10-18-21-16(15)22)20-19-13-8-6-12(7-9-13)11-4-2-1-3-5-11/h1-5,10,12H,6-9H2,(H2,20,21,22). The summed E-state index contributed by atoms with van der Waals surface area (Å²) >= 11 is 5.90. The first-order valence-corrected chi connectivity index (χ1v) is 7.71. The molecule has 0 radical (unpaired) electrons. The average molecular weight is 317 g/mol. The van der Waals surface area contributed by atoms with E-state index in [1.54, 1.807) is 0 Å². The van der Waals surface area contributed by atoms with E-state index in [4.69, 9.17) is 11.6 Å². The van der Waals surface area contributed by atoms with Crippen molar-refractivity contribution >= 4 is 23.0 Å². The Labute approximate surface area is 133 Å². The van der Waals surface area contributed by atoms with Crippen LogP contribution in [0.3, 0.4) is 0 Å². The maximum Gasteiger partial charge on any atom is 0.285 e. The van der Waals surface area contributed by atoms with Crippen molar-refractivity contribution in [1.29, 1.82) is 0 Å². The van der Waals surface area contributed by atoms with E-state index in [1.165, 1.54) is 11.8 Å². The predicted molar refractivity (Wildman–Crippen MR) is 88.6 cm³/mol. The molecule has 0 aliphatic heterocycles. The van der Waals surface area contributed by atoms with Crippen LogP contribution in [0.1, 0.15) is 37.2 Å². The lowest BCUT2D eigenvalue weighted by molar-refractivity contribution is 0.566. The molecule has 1 aliphatic carbocycles. The van der Waals surface area contributed by atoms with Crippen molar-refractivity contribution in [1.82, 2.24) is 10.2 Å². The van der Waals surface area contributed by atoms with Crippen molar-refractivity contribution in [2.24, 2.45) is 5.10 Å². The Balaban J connectivity index is 1.62. The summed E-state index contributed by atoms with van der Waals surface area (Å²) in [5.41, 5.74) is 5.37. The van der Waals surface area contributed by atoms with Crippen molar-refractivity contribution in [3.63, 3.8) is 0 Å². The first-order chi connectivity index (χ1) is 10.7. The summed E-state index contributed by atoms with van der Waals surface area (Å²) < 4.78 is 0. The number of hydrazone groups is 1. The van der Waals surface area contributed by atoms with Gasteiger partial charge in [0.25, 0.3) is 5.56 Å². The van der Waals surface area contributed by atoms with Gasteiger partial charge in [0, 0.05) is 5.71 Å². The Kier molecular flexibility index (Phi) is 4.53. The molecule has 1 aromatic carbocycles. The molecular weight excluding hydrogens is 300 g/mol. The molecule has 0 spiro atoms. The number of benzene rings is 1. The van der Waals surface area contributed by atoms with Crippen LogP contribution >= 0.6 is 11.6 Å². The molecule has 0 saturated heterocycles. The molecule has 0 unspecified atom stereocenters. The summed E-state index contributed by atoms with van der Waals surface area (Å²) in [5, 5.41) is 10.4. The Bertz CT molecular complexity index is 716. The molecule has 0 atom stereocenters. The highest BCUT2D eigenvalue weighted by atomic mass is 35.5. The number of aromatic nitrogens is 2. The highest BCUT2D eigenvalue weighted by Crippen LogP contribution is 2.31. The van der Waals surface area contributed by atoms with Crippen LogP contribution in [0.15, 0.2) is 46.4 Å². The first kappa shape index (κ1) is 14.8. The molecule has 22 heavy (non-hydrogen) atoms. The lowest BCUT2D eigenvalue weighted by Gasteiger charge is -2.23.